The van der Waals surface area contributed by atoms with E-state index in [-0.39, 0.29) is 17.1 Å². The average molecular weight is 338 g/mol. The van der Waals surface area contributed by atoms with Gasteiger partial charge in [0, 0.05) is 5.39 Å². The Morgan fingerprint density at radius 1 is 1.04 bits per heavy atom. The molecule has 0 radical (unpaired) electrons. The van der Waals surface area contributed by atoms with E-state index >= 15 is 0 Å². The van der Waals surface area contributed by atoms with E-state index in [1.54, 1.807) is 30.3 Å². The zero-order chi connectivity index (χ0) is 17.8. The SMILES string of the molecule is C=CCCc1ccc(C(=O)Oc2ccc3c(F)cccc3c2)c(F)c1. The Hall–Kier alpha value is -3.01. The van der Waals surface area contributed by atoms with Crippen molar-refractivity contribution in [2.45, 2.75) is 12.8 Å². The minimum absolute atomic E-state index is 0.137. The molecule has 3 rings (SSSR count). The highest BCUT2D eigenvalue weighted by Crippen LogP contribution is 2.24. The largest absolute Gasteiger partial charge is 0.423 e. The zero-order valence-corrected chi connectivity index (χ0v) is 13.5. The van der Waals surface area contributed by atoms with E-state index in [9.17, 15) is 13.6 Å². The van der Waals surface area contributed by atoms with Crippen molar-refractivity contribution in [3.63, 3.8) is 0 Å². The van der Waals surface area contributed by atoms with Crippen molar-refractivity contribution in [2.24, 2.45) is 0 Å². The van der Waals surface area contributed by atoms with Crippen LogP contribution in [-0.2, 0) is 6.42 Å². The fraction of sp³-hybridized carbons (Fsp3) is 0.0952. The van der Waals surface area contributed by atoms with Crippen LogP contribution in [0.25, 0.3) is 10.8 Å². The number of allylic oxidation sites excluding steroid dienone is 1. The van der Waals surface area contributed by atoms with Crippen LogP contribution in [0.2, 0.25) is 0 Å². The number of fused-ring (bicyclic) bond motifs is 1. The van der Waals surface area contributed by atoms with E-state index < -0.39 is 11.8 Å². The lowest BCUT2D eigenvalue weighted by Gasteiger charge is -2.08. The highest BCUT2D eigenvalue weighted by atomic mass is 19.1. The summed E-state index contributed by atoms with van der Waals surface area (Å²) in [5.74, 6) is -1.53. The fourth-order valence-electron chi connectivity index (χ4n) is 2.60. The smallest absolute Gasteiger partial charge is 0.346 e. The second kappa shape index (κ2) is 7.26. The highest BCUT2D eigenvalue weighted by molar-refractivity contribution is 5.92. The standard InChI is InChI=1S/C21H16F2O2/c1-2-3-5-14-8-10-18(20(23)12-14)21(24)25-16-9-11-17-15(13-16)6-4-7-19(17)22/h2,4,6-13H,1,3,5H2. The summed E-state index contributed by atoms with van der Waals surface area (Å²) in [5.41, 5.74) is 0.650. The van der Waals surface area contributed by atoms with Gasteiger partial charge >= 0.3 is 5.97 Å². The number of esters is 1. The monoisotopic (exact) mass is 338 g/mol. The van der Waals surface area contributed by atoms with Crippen LogP contribution in [0.1, 0.15) is 22.3 Å². The van der Waals surface area contributed by atoms with Gasteiger partial charge in [0.25, 0.3) is 0 Å². The maximum Gasteiger partial charge on any atom is 0.346 e. The fourth-order valence-corrected chi connectivity index (χ4v) is 2.60. The number of aryl methyl sites for hydroxylation is 1. The van der Waals surface area contributed by atoms with Crippen LogP contribution in [0.4, 0.5) is 8.78 Å². The zero-order valence-electron chi connectivity index (χ0n) is 13.5. The number of rotatable bonds is 5. The van der Waals surface area contributed by atoms with Crippen LogP contribution in [0.3, 0.4) is 0 Å². The molecule has 0 saturated carbocycles. The first-order valence-corrected chi connectivity index (χ1v) is 7.88. The van der Waals surface area contributed by atoms with Gasteiger partial charge in [-0.15, -0.1) is 6.58 Å². The average Bonchev–Trinajstić information content (AvgIpc) is 2.60. The third-order valence-corrected chi connectivity index (χ3v) is 3.90. The molecule has 0 bridgehead atoms. The summed E-state index contributed by atoms with van der Waals surface area (Å²) in [6.07, 6.45) is 3.14. The molecule has 0 aliphatic carbocycles. The Kier molecular flexibility index (Phi) is 4.89. The summed E-state index contributed by atoms with van der Waals surface area (Å²) in [6, 6.07) is 13.6. The molecule has 0 saturated heterocycles. The van der Waals surface area contributed by atoms with Gasteiger partial charge in [0.1, 0.15) is 17.4 Å². The predicted molar refractivity (Wildman–Crippen MR) is 93.8 cm³/mol. The number of carbonyl (C=O) groups is 1. The second-order valence-electron chi connectivity index (χ2n) is 5.65. The molecule has 0 heterocycles. The van der Waals surface area contributed by atoms with E-state index in [4.69, 9.17) is 4.74 Å². The minimum atomic E-state index is -0.788. The third kappa shape index (κ3) is 3.74. The summed E-state index contributed by atoms with van der Waals surface area (Å²) in [5, 5.41) is 1.03. The van der Waals surface area contributed by atoms with Gasteiger partial charge < -0.3 is 4.74 Å². The Labute approximate surface area is 144 Å². The molecule has 0 N–H and O–H groups in total. The van der Waals surface area contributed by atoms with Crippen molar-refractivity contribution < 1.29 is 18.3 Å². The highest BCUT2D eigenvalue weighted by Gasteiger charge is 2.15. The lowest BCUT2D eigenvalue weighted by atomic mass is 10.1. The molecular weight excluding hydrogens is 322 g/mol. The first-order valence-electron chi connectivity index (χ1n) is 7.88. The third-order valence-electron chi connectivity index (χ3n) is 3.90. The maximum atomic E-state index is 14.2. The van der Waals surface area contributed by atoms with E-state index in [1.807, 2.05) is 0 Å². The molecule has 0 fully saturated rings. The quantitative estimate of drug-likeness (QED) is 0.351. The molecule has 3 aromatic carbocycles. The molecule has 25 heavy (non-hydrogen) atoms. The molecule has 0 aliphatic heterocycles. The van der Waals surface area contributed by atoms with Crippen LogP contribution in [0.5, 0.6) is 5.75 Å². The molecule has 0 aromatic heterocycles. The Balaban J connectivity index is 1.81. The first kappa shape index (κ1) is 16.8. The summed E-state index contributed by atoms with van der Waals surface area (Å²) >= 11 is 0. The van der Waals surface area contributed by atoms with E-state index in [0.29, 0.717) is 17.2 Å². The number of benzene rings is 3. The minimum Gasteiger partial charge on any atom is -0.423 e. The van der Waals surface area contributed by atoms with E-state index in [1.165, 1.54) is 30.3 Å². The molecule has 0 spiro atoms. The number of hydrogen-bond acceptors (Lipinski definition) is 2. The van der Waals surface area contributed by atoms with Gasteiger partial charge in [0.05, 0.1) is 5.56 Å². The van der Waals surface area contributed by atoms with Crippen molar-refractivity contribution in [1.82, 2.24) is 0 Å². The topological polar surface area (TPSA) is 26.3 Å². The molecule has 0 unspecified atom stereocenters. The number of halogens is 2. The molecule has 0 atom stereocenters. The Morgan fingerprint density at radius 3 is 2.64 bits per heavy atom. The molecule has 126 valence electrons. The van der Waals surface area contributed by atoms with E-state index in [2.05, 4.69) is 6.58 Å². The lowest BCUT2D eigenvalue weighted by molar-refractivity contribution is 0.0730. The Bertz CT molecular complexity index is 948. The van der Waals surface area contributed by atoms with Gasteiger partial charge in [-0.1, -0.05) is 24.3 Å². The molecule has 2 nitrogen and oxygen atoms in total. The second-order valence-corrected chi connectivity index (χ2v) is 5.65. The van der Waals surface area contributed by atoms with Crippen LogP contribution < -0.4 is 4.74 Å². The van der Waals surface area contributed by atoms with Crippen molar-refractivity contribution in [3.05, 3.63) is 90.0 Å². The van der Waals surface area contributed by atoms with Crippen LogP contribution in [0.15, 0.2) is 67.3 Å². The molecule has 4 heteroatoms. The molecule has 3 aromatic rings. The van der Waals surface area contributed by atoms with Crippen molar-refractivity contribution in [2.75, 3.05) is 0 Å². The van der Waals surface area contributed by atoms with Crippen molar-refractivity contribution in [1.29, 1.82) is 0 Å². The summed E-state index contributed by atoms with van der Waals surface area (Å²) in [6.45, 7) is 3.63. The number of carbonyl (C=O) groups excluding carboxylic acids is 1. The van der Waals surface area contributed by atoms with Gasteiger partial charge in [0.2, 0.25) is 0 Å². The van der Waals surface area contributed by atoms with Crippen molar-refractivity contribution in [3.8, 4) is 5.75 Å². The van der Waals surface area contributed by atoms with Gasteiger partial charge in [0.15, 0.2) is 0 Å². The first-order chi connectivity index (χ1) is 12.1. The number of hydrogen-bond donors (Lipinski definition) is 0. The number of ether oxygens (including phenoxy) is 1. The molecule has 0 aliphatic rings. The van der Waals surface area contributed by atoms with Gasteiger partial charge in [-0.2, -0.15) is 0 Å². The van der Waals surface area contributed by atoms with Gasteiger partial charge in [-0.25, -0.2) is 13.6 Å². The summed E-state index contributed by atoms with van der Waals surface area (Å²) < 4.78 is 33.1. The summed E-state index contributed by atoms with van der Waals surface area (Å²) in [7, 11) is 0. The Morgan fingerprint density at radius 2 is 1.88 bits per heavy atom. The predicted octanol–water partition coefficient (Wildman–Crippen LogP) is 5.46. The van der Waals surface area contributed by atoms with Gasteiger partial charge in [-0.05, 0) is 60.2 Å². The summed E-state index contributed by atoms with van der Waals surface area (Å²) in [4.78, 5) is 12.2. The normalized spacial score (nSPS) is 10.6. The lowest BCUT2D eigenvalue weighted by Crippen LogP contribution is -2.11. The van der Waals surface area contributed by atoms with Crippen molar-refractivity contribution >= 4 is 16.7 Å². The maximum absolute atomic E-state index is 14.2. The molecule has 0 amide bonds. The van der Waals surface area contributed by atoms with E-state index in [0.717, 1.165) is 12.0 Å². The van der Waals surface area contributed by atoms with Crippen LogP contribution >= 0.6 is 0 Å². The van der Waals surface area contributed by atoms with Crippen LogP contribution in [-0.4, -0.2) is 5.97 Å². The van der Waals surface area contributed by atoms with Gasteiger partial charge in [-0.3, -0.25) is 0 Å². The van der Waals surface area contributed by atoms with Crippen LogP contribution in [0, 0.1) is 11.6 Å². The molecular formula is C21H16F2O2.